The van der Waals surface area contributed by atoms with Gasteiger partial charge < -0.3 is 19.5 Å². The number of benzene rings is 2. The maximum atomic E-state index is 11.9. The highest BCUT2D eigenvalue weighted by Gasteiger charge is 2.14. The zero-order valence-electron chi connectivity index (χ0n) is 12.3. The monoisotopic (exact) mass is 313 g/mol. The first-order chi connectivity index (χ1) is 11.2. The minimum Gasteiger partial charge on any atom is -0.486 e. The van der Waals surface area contributed by atoms with Gasteiger partial charge in [-0.05, 0) is 24.3 Å². The first-order valence-corrected chi connectivity index (χ1v) is 7.14. The van der Waals surface area contributed by atoms with Crippen LogP contribution in [-0.2, 0) is 9.53 Å². The summed E-state index contributed by atoms with van der Waals surface area (Å²) in [6, 6.07) is 13.6. The molecule has 6 nitrogen and oxygen atoms in total. The maximum absolute atomic E-state index is 11.9. The highest BCUT2D eigenvalue weighted by molar-refractivity contribution is 5.95. The molecule has 0 saturated carbocycles. The molecule has 3 rings (SSSR count). The van der Waals surface area contributed by atoms with E-state index in [0.717, 1.165) is 0 Å². The van der Waals surface area contributed by atoms with Crippen molar-refractivity contribution in [1.29, 1.82) is 0 Å². The Morgan fingerprint density at radius 2 is 1.74 bits per heavy atom. The highest BCUT2D eigenvalue weighted by atomic mass is 16.6. The van der Waals surface area contributed by atoms with Gasteiger partial charge in [-0.3, -0.25) is 4.79 Å². The fourth-order valence-electron chi connectivity index (χ4n) is 2.11. The topological polar surface area (TPSA) is 73.9 Å². The van der Waals surface area contributed by atoms with Crippen LogP contribution in [0.4, 0.5) is 5.69 Å². The Bertz CT molecular complexity index is 714. The normalized spacial score (nSPS) is 12.3. The quantitative estimate of drug-likeness (QED) is 0.876. The third-order valence-electron chi connectivity index (χ3n) is 3.17. The van der Waals surface area contributed by atoms with E-state index in [9.17, 15) is 9.59 Å². The lowest BCUT2D eigenvalue weighted by molar-refractivity contribution is -0.119. The van der Waals surface area contributed by atoms with E-state index in [-0.39, 0.29) is 6.61 Å². The van der Waals surface area contributed by atoms with Crippen LogP contribution in [0, 0.1) is 0 Å². The van der Waals surface area contributed by atoms with Gasteiger partial charge in [0.25, 0.3) is 5.91 Å². The molecule has 1 aliphatic rings. The molecule has 1 heterocycles. The van der Waals surface area contributed by atoms with Crippen molar-refractivity contribution in [2.45, 2.75) is 0 Å². The van der Waals surface area contributed by atoms with Gasteiger partial charge in [0, 0.05) is 11.8 Å². The number of nitrogens with one attached hydrogen (secondary N) is 1. The van der Waals surface area contributed by atoms with Crippen LogP contribution < -0.4 is 14.8 Å². The number of hydrogen-bond acceptors (Lipinski definition) is 5. The summed E-state index contributed by atoms with van der Waals surface area (Å²) >= 11 is 0. The van der Waals surface area contributed by atoms with Crippen molar-refractivity contribution < 1.29 is 23.8 Å². The molecule has 0 bridgehead atoms. The summed E-state index contributed by atoms with van der Waals surface area (Å²) in [7, 11) is 0. The molecule has 2 aromatic rings. The van der Waals surface area contributed by atoms with Crippen molar-refractivity contribution in [2.75, 3.05) is 25.1 Å². The number of anilines is 1. The fourth-order valence-corrected chi connectivity index (χ4v) is 2.11. The van der Waals surface area contributed by atoms with E-state index in [1.807, 2.05) is 0 Å². The minimum atomic E-state index is -0.539. The van der Waals surface area contributed by atoms with Crippen molar-refractivity contribution >= 4 is 17.6 Å². The fraction of sp³-hybridized carbons (Fsp3) is 0.176. The van der Waals surface area contributed by atoms with Gasteiger partial charge in [0.05, 0.1) is 5.56 Å². The number of ether oxygens (including phenoxy) is 3. The summed E-state index contributed by atoms with van der Waals surface area (Å²) in [6.45, 7) is 0.620. The second-order valence-electron chi connectivity index (χ2n) is 4.85. The molecule has 0 saturated heterocycles. The van der Waals surface area contributed by atoms with Gasteiger partial charge in [0.15, 0.2) is 18.1 Å². The van der Waals surface area contributed by atoms with Gasteiger partial charge >= 0.3 is 5.97 Å². The van der Waals surface area contributed by atoms with Crippen LogP contribution >= 0.6 is 0 Å². The van der Waals surface area contributed by atoms with Crippen LogP contribution in [-0.4, -0.2) is 31.7 Å². The molecule has 0 aromatic heterocycles. The molecule has 6 heteroatoms. The lowest BCUT2D eigenvalue weighted by Crippen LogP contribution is -2.21. The van der Waals surface area contributed by atoms with Crippen molar-refractivity contribution in [3.05, 3.63) is 54.1 Å². The Morgan fingerprint density at radius 1 is 1.00 bits per heavy atom. The Morgan fingerprint density at radius 3 is 2.52 bits per heavy atom. The molecule has 0 unspecified atom stereocenters. The lowest BCUT2D eigenvalue weighted by atomic mass is 10.2. The summed E-state index contributed by atoms with van der Waals surface area (Å²) in [5.74, 6) is 0.258. The smallest absolute Gasteiger partial charge is 0.338 e. The molecule has 0 fully saturated rings. The van der Waals surface area contributed by atoms with Crippen LogP contribution in [0.15, 0.2) is 48.5 Å². The molecular weight excluding hydrogens is 298 g/mol. The van der Waals surface area contributed by atoms with Crippen molar-refractivity contribution in [3.63, 3.8) is 0 Å². The summed E-state index contributed by atoms with van der Waals surface area (Å²) in [5.41, 5.74) is 0.953. The Labute approximate surface area is 133 Å². The molecular formula is C17H15NO5. The second-order valence-corrected chi connectivity index (χ2v) is 4.85. The lowest BCUT2D eigenvalue weighted by Gasteiger charge is -2.19. The zero-order chi connectivity index (χ0) is 16.1. The van der Waals surface area contributed by atoms with Crippen LogP contribution in [0.5, 0.6) is 11.5 Å². The predicted octanol–water partition coefficient (Wildman–Crippen LogP) is 2.25. The average molecular weight is 313 g/mol. The predicted molar refractivity (Wildman–Crippen MR) is 82.8 cm³/mol. The van der Waals surface area contributed by atoms with E-state index in [0.29, 0.717) is 36.0 Å². The zero-order valence-corrected chi connectivity index (χ0v) is 12.3. The van der Waals surface area contributed by atoms with E-state index in [2.05, 4.69) is 5.32 Å². The summed E-state index contributed by atoms with van der Waals surface area (Å²) in [5, 5.41) is 2.65. The molecule has 0 aliphatic carbocycles. The summed E-state index contributed by atoms with van der Waals surface area (Å²) in [6.07, 6.45) is 0. The first-order valence-electron chi connectivity index (χ1n) is 7.14. The highest BCUT2D eigenvalue weighted by Crippen LogP contribution is 2.32. The van der Waals surface area contributed by atoms with Crippen molar-refractivity contribution in [3.8, 4) is 11.5 Å². The minimum absolute atomic E-state index is 0.359. The van der Waals surface area contributed by atoms with E-state index in [1.165, 1.54) is 0 Å². The van der Waals surface area contributed by atoms with Gasteiger partial charge in [-0.25, -0.2) is 4.79 Å². The largest absolute Gasteiger partial charge is 0.486 e. The standard InChI is InChI=1S/C17H15NO5/c19-16(11-23-17(20)12-4-2-1-3-5-12)18-13-6-7-14-15(10-13)22-9-8-21-14/h1-7,10H,8-9,11H2,(H,18,19). The molecule has 1 N–H and O–H groups in total. The van der Waals surface area contributed by atoms with E-state index in [1.54, 1.807) is 48.5 Å². The molecule has 118 valence electrons. The third-order valence-corrected chi connectivity index (χ3v) is 3.17. The van der Waals surface area contributed by atoms with Crippen LogP contribution in [0.2, 0.25) is 0 Å². The Kier molecular flexibility index (Phi) is 4.42. The van der Waals surface area contributed by atoms with Crippen molar-refractivity contribution in [2.24, 2.45) is 0 Å². The van der Waals surface area contributed by atoms with Gasteiger partial charge in [0.1, 0.15) is 13.2 Å². The van der Waals surface area contributed by atoms with Crippen LogP contribution in [0.25, 0.3) is 0 Å². The SMILES string of the molecule is O=C(COC(=O)c1ccccc1)Nc1ccc2c(c1)OCCO2. The Hall–Kier alpha value is -3.02. The summed E-state index contributed by atoms with van der Waals surface area (Å²) in [4.78, 5) is 23.6. The molecule has 0 atom stereocenters. The van der Waals surface area contributed by atoms with Gasteiger partial charge in [-0.15, -0.1) is 0 Å². The van der Waals surface area contributed by atoms with Gasteiger partial charge in [-0.2, -0.15) is 0 Å². The molecule has 1 aliphatic heterocycles. The van der Waals surface area contributed by atoms with E-state index >= 15 is 0 Å². The number of fused-ring (bicyclic) bond motifs is 1. The number of carbonyl (C=O) groups excluding carboxylic acids is 2. The third kappa shape index (κ3) is 3.79. The molecule has 1 amide bonds. The molecule has 23 heavy (non-hydrogen) atoms. The average Bonchev–Trinajstić information content (AvgIpc) is 2.60. The van der Waals surface area contributed by atoms with Crippen LogP contribution in [0.3, 0.4) is 0 Å². The number of hydrogen-bond donors (Lipinski definition) is 1. The van der Waals surface area contributed by atoms with E-state index in [4.69, 9.17) is 14.2 Å². The number of esters is 1. The molecule has 0 spiro atoms. The number of amides is 1. The van der Waals surface area contributed by atoms with Gasteiger partial charge in [0.2, 0.25) is 0 Å². The molecule has 0 radical (unpaired) electrons. The molecule has 2 aromatic carbocycles. The summed E-state index contributed by atoms with van der Waals surface area (Å²) < 4.78 is 15.8. The van der Waals surface area contributed by atoms with Crippen LogP contribution in [0.1, 0.15) is 10.4 Å². The second kappa shape index (κ2) is 6.83. The van der Waals surface area contributed by atoms with E-state index < -0.39 is 11.9 Å². The number of carbonyl (C=O) groups is 2. The van der Waals surface area contributed by atoms with Gasteiger partial charge in [-0.1, -0.05) is 18.2 Å². The first kappa shape index (κ1) is 14.9. The number of rotatable bonds is 4. The van der Waals surface area contributed by atoms with Crippen molar-refractivity contribution in [1.82, 2.24) is 0 Å². The maximum Gasteiger partial charge on any atom is 0.338 e. The Balaban J connectivity index is 1.54.